The van der Waals surface area contributed by atoms with Crippen molar-refractivity contribution in [2.24, 2.45) is 0 Å². The van der Waals surface area contributed by atoms with Crippen LogP contribution in [0, 0.1) is 0 Å². The number of hydrogen-bond acceptors (Lipinski definition) is 4. The smallest absolute Gasteiger partial charge is 0.261 e. The molecule has 0 spiro atoms. The van der Waals surface area contributed by atoms with E-state index in [1.165, 1.54) is 0 Å². The number of carbonyl (C=O) groups is 3. The molecule has 3 heterocycles. The van der Waals surface area contributed by atoms with Gasteiger partial charge in [-0.05, 0) is 37.8 Å². The van der Waals surface area contributed by atoms with Crippen LogP contribution < -0.4 is 4.90 Å². The molecule has 0 aliphatic carbocycles. The van der Waals surface area contributed by atoms with Gasteiger partial charge in [0.1, 0.15) is 0 Å². The van der Waals surface area contributed by atoms with Gasteiger partial charge in [0.2, 0.25) is 11.8 Å². The largest absolute Gasteiger partial charge is 0.343 e. The van der Waals surface area contributed by atoms with Crippen LogP contribution in [-0.2, 0) is 9.59 Å². The van der Waals surface area contributed by atoms with Crippen molar-refractivity contribution in [3.05, 3.63) is 47.8 Å². The number of benzene rings is 1. The minimum absolute atomic E-state index is 0.0542. The van der Waals surface area contributed by atoms with Gasteiger partial charge >= 0.3 is 0 Å². The quantitative estimate of drug-likeness (QED) is 0.721. The third kappa shape index (κ3) is 4.84. The number of hydrogen-bond donors (Lipinski definition) is 1. The summed E-state index contributed by atoms with van der Waals surface area (Å²) in [7, 11) is 1.76. The zero-order valence-electron chi connectivity index (χ0n) is 18.6. The third-order valence-corrected chi connectivity index (χ3v) is 6.52. The monoisotopic (exact) mass is 437 g/mol. The molecule has 1 aromatic carbocycles. The summed E-state index contributed by atoms with van der Waals surface area (Å²) in [6, 6.07) is 9.52. The van der Waals surface area contributed by atoms with Gasteiger partial charge < -0.3 is 14.7 Å². The Morgan fingerprint density at radius 1 is 1.19 bits per heavy atom. The summed E-state index contributed by atoms with van der Waals surface area (Å²) in [5.74, 6) is 0.264. The third-order valence-electron chi connectivity index (χ3n) is 6.52. The number of para-hydroxylation sites is 1. The van der Waals surface area contributed by atoms with E-state index in [4.69, 9.17) is 0 Å². The number of aromatic nitrogens is 2. The molecule has 1 aromatic heterocycles. The number of piperidine rings is 1. The van der Waals surface area contributed by atoms with Crippen molar-refractivity contribution < 1.29 is 14.4 Å². The first-order chi connectivity index (χ1) is 15.5. The molecule has 0 radical (unpaired) electrons. The molecule has 32 heavy (non-hydrogen) atoms. The second-order valence-corrected chi connectivity index (χ2v) is 8.66. The maximum atomic E-state index is 13.1. The second-order valence-electron chi connectivity index (χ2n) is 8.66. The lowest BCUT2D eigenvalue weighted by molar-refractivity contribution is -0.133. The van der Waals surface area contributed by atoms with Crippen LogP contribution in [0.5, 0.6) is 0 Å². The summed E-state index contributed by atoms with van der Waals surface area (Å²) in [4.78, 5) is 43.1. The highest BCUT2D eigenvalue weighted by molar-refractivity contribution is 6.06. The highest BCUT2D eigenvalue weighted by Gasteiger charge is 2.30. The molecular formula is C24H31N5O3. The van der Waals surface area contributed by atoms with Crippen molar-refractivity contribution in [1.29, 1.82) is 0 Å². The minimum Gasteiger partial charge on any atom is -0.343 e. The standard InChI is InChI=1S/C24H31N5O3/c1-27(19-9-3-2-4-10-19)24(32)20-16-25-26-23(20)18-8-5-15-29(17-18)22(31)12-7-14-28-13-6-11-21(28)30/h2-4,9-10,16,18H,5-8,11-15,17H2,1H3,(H,25,26)/t18-/m0/s1. The van der Waals surface area contributed by atoms with Gasteiger partial charge in [-0.15, -0.1) is 0 Å². The van der Waals surface area contributed by atoms with E-state index in [0.717, 1.165) is 43.7 Å². The minimum atomic E-state index is -0.112. The Bertz CT molecular complexity index is 958. The predicted octanol–water partition coefficient (Wildman–Crippen LogP) is 2.79. The van der Waals surface area contributed by atoms with Gasteiger partial charge in [-0.2, -0.15) is 5.10 Å². The molecule has 8 heteroatoms. The topological polar surface area (TPSA) is 89.6 Å². The lowest BCUT2D eigenvalue weighted by Gasteiger charge is -2.33. The SMILES string of the molecule is CN(C(=O)c1cn[nH]c1[C@H]1CCCN(C(=O)CCCN2CCCC2=O)C1)c1ccccc1. The first-order valence-corrected chi connectivity index (χ1v) is 11.5. The van der Waals surface area contributed by atoms with Crippen LogP contribution in [0.25, 0.3) is 0 Å². The molecule has 1 atom stereocenters. The number of amides is 3. The Morgan fingerprint density at radius 3 is 2.75 bits per heavy atom. The highest BCUT2D eigenvalue weighted by Crippen LogP contribution is 2.29. The van der Waals surface area contributed by atoms with Gasteiger partial charge in [0.15, 0.2) is 0 Å². The molecule has 2 saturated heterocycles. The molecule has 8 nitrogen and oxygen atoms in total. The summed E-state index contributed by atoms with van der Waals surface area (Å²) in [6.45, 7) is 2.79. The van der Waals surface area contributed by atoms with Crippen LogP contribution in [0.15, 0.2) is 36.5 Å². The van der Waals surface area contributed by atoms with Gasteiger partial charge in [-0.1, -0.05) is 18.2 Å². The molecular weight excluding hydrogens is 406 g/mol. The van der Waals surface area contributed by atoms with Gasteiger partial charge in [0, 0.05) is 57.7 Å². The Morgan fingerprint density at radius 2 is 2.00 bits per heavy atom. The molecule has 2 aromatic rings. The zero-order valence-corrected chi connectivity index (χ0v) is 18.6. The fourth-order valence-corrected chi connectivity index (χ4v) is 4.69. The number of H-pyrrole nitrogens is 1. The molecule has 2 fully saturated rings. The van der Waals surface area contributed by atoms with Gasteiger partial charge in [0.05, 0.1) is 17.5 Å². The summed E-state index contributed by atoms with van der Waals surface area (Å²) >= 11 is 0. The van der Waals surface area contributed by atoms with Crippen molar-refractivity contribution in [1.82, 2.24) is 20.0 Å². The Kier molecular flexibility index (Phi) is 6.87. The zero-order chi connectivity index (χ0) is 22.5. The number of nitrogens with zero attached hydrogens (tertiary/aromatic N) is 4. The van der Waals surface area contributed by atoms with Crippen molar-refractivity contribution in [3.8, 4) is 0 Å². The van der Waals surface area contributed by atoms with Gasteiger partial charge in [0.25, 0.3) is 5.91 Å². The molecule has 170 valence electrons. The normalized spacial score (nSPS) is 18.8. The summed E-state index contributed by atoms with van der Waals surface area (Å²) in [5.41, 5.74) is 2.18. The fraction of sp³-hybridized carbons (Fsp3) is 0.500. The van der Waals surface area contributed by atoms with E-state index in [1.54, 1.807) is 18.1 Å². The summed E-state index contributed by atoms with van der Waals surface area (Å²) in [5, 5.41) is 7.18. The van der Waals surface area contributed by atoms with Crippen LogP contribution in [-0.4, -0.2) is 70.9 Å². The van der Waals surface area contributed by atoms with E-state index in [1.807, 2.05) is 40.1 Å². The first kappa shape index (κ1) is 22.0. The molecule has 2 aliphatic rings. The molecule has 0 unspecified atom stereocenters. The van der Waals surface area contributed by atoms with Crippen LogP contribution in [0.2, 0.25) is 0 Å². The van der Waals surface area contributed by atoms with Crippen molar-refractivity contribution in [2.45, 2.75) is 44.4 Å². The van der Waals surface area contributed by atoms with Crippen LogP contribution in [0.4, 0.5) is 5.69 Å². The molecule has 0 saturated carbocycles. The van der Waals surface area contributed by atoms with Crippen LogP contribution in [0.1, 0.15) is 60.5 Å². The number of likely N-dealkylation sites (tertiary alicyclic amines) is 2. The number of nitrogens with one attached hydrogen (secondary N) is 1. The van der Waals surface area contributed by atoms with Gasteiger partial charge in [-0.3, -0.25) is 19.5 Å². The van der Waals surface area contributed by atoms with E-state index < -0.39 is 0 Å². The van der Waals surface area contributed by atoms with E-state index in [9.17, 15) is 14.4 Å². The Labute approximate surface area is 188 Å². The molecule has 4 rings (SSSR count). The van der Waals surface area contributed by atoms with E-state index in [0.29, 0.717) is 37.9 Å². The summed E-state index contributed by atoms with van der Waals surface area (Å²) < 4.78 is 0. The number of aromatic amines is 1. The van der Waals surface area contributed by atoms with Crippen molar-refractivity contribution >= 4 is 23.4 Å². The molecule has 2 aliphatic heterocycles. The lowest BCUT2D eigenvalue weighted by Crippen LogP contribution is -2.40. The molecule has 0 bridgehead atoms. The van der Waals surface area contributed by atoms with Crippen molar-refractivity contribution in [3.63, 3.8) is 0 Å². The number of anilines is 1. The fourth-order valence-electron chi connectivity index (χ4n) is 4.69. The van der Waals surface area contributed by atoms with E-state index in [-0.39, 0.29) is 23.6 Å². The van der Waals surface area contributed by atoms with E-state index in [2.05, 4.69) is 10.2 Å². The van der Waals surface area contributed by atoms with E-state index >= 15 is 0 Å². The van der Waals surface area contributed by atoms with Crippen molar-refractivity contribution in [2.75, 3.05) is 38.1 Å². The Balaban J connectivity index is 1.36. The highest BCUT2D eigenvalue weighted by atomic mass is 16.2. The Hall–Kier alpha value is -3.16. The average Bonchev–Trinajstić information content (AvgIpc) is 3.48. The maximum Gasteiger partial charge on any atom is 0.261 e. The predicted molar refractivity (Wildman–Crippen MR) is 121 cm³/mol. The maximum absolute atomic E-state index is 13.1. The number of carbonyl (C=O) groups excluding carboxylic acids is 3. The molecule has 1 N–H and O–H groups in total. The summed E-state index contributed by atoms with van der Waals surface area (Å²) in [6.07, 6.45) is 6.08. The first-order valence-electron chi connectivity index (χ1n) is 11.5. The molecule has 3 amide bonds. The van der Waals surface area contributed by atoms with Crippen LogP contribution in [0.3, 0.4) is 0 Å². The van der Waals surface area contributed by atoms with Gasteiger partial charge in [-0.25, -0.2) is 0 Å². The average molecular weight is 438 g/mol. The lowest BCUT2D eigenvalue weighted by atomic mass is 9.92. The second kappa shape index (κ2) is 9.97. The number of rotatable bonds is 7. The van der Waals surface area contributed by atoms with Crippen LogP contribution >= 0.6 is 0 Å².